The molecule has 3 N–H and O–H groups in total. The van der Waals surface area contributed by atoms with Crippen molar-refractivity contribution in [1.82, 2.24) is 4.98 Å². The van der Waals surface area contributed by atoms with E-state index in [2.05, 4.69) is 42.2 Å². The molecule has 0 spiro atoms. The van der Waals surface area contributed by atoms with Crippen molar-refractivity contribution in [3.63, 3.8) is 0 Å². The van der Waals surface area contributed by atoms with Gasteiger partial charge in [-0.3, -0.25) is 4.98 Å². The number of rotatable bonds is 2. The second-order valence-corrected chi connectivity index (χ2v) is 6.22. The summed E-state index contributed by atoms with van der Waals surface area (Å²) in [6.07, 6.45) is 1.79. The van der Waals surface area contributed by atoms with Crippen LogP contribution in [0.3, 0.4) is 0 Å². The zero-order valence-electron chi connectivity index (χ0n) is 10.4. The molecule has 0 saturated heterocycles. The minimum Gasteiger partial charge on any atom is -0.397 e. The fraction of sp³-hybridized carbons (Fsp3) is 0. The van der Waals surface area contributed by atoms with Crippen LogP contribution in [0.25, 0.3) is 10.9 Å². The Morgan fingerprint density at radius 2 is 1.80 bits per heavy atom. The number of para-hydroxylation sites is 1. The average Bonchev–Trinajstić information content (AvgIpc) is 2.41. The molecular formula is C15H11Br2N3. The van der Waals surface area contributed by atoms with Crippen molar-refractivity contribution in [2.24, 2.45) is 0 Å². The first-order chi connectivity index (χ1) is 9.63. The van der Waals surface area contributed by atoms with Crippen LogP contribution in [0.2, 0.25) is 0 Å². The number of nitrogen functional groups attached to an aromatic ring is 1. The topological polar surface area (TPSA) is 50.9 Å². The molecule has 0 bridgehead atoms. The second kappa shape index (κ2) is 5.42. The number of benzene rings is 2. The largest absolute Gasteiger partial charge is 0.397 e. The molecule has 0 fully saturated rings. The maximum atomic E-state index is 6.02. The summed E-state index contributed by atoms with van der Waals surface area (Å²) < 4.78 is 1.92. The van der Waals surface area contributed by atoms with Crippen molar-refractivity contribution in [3.8, 4) is 0 Å². The lowest BCUT2D eigenvalue weighted by Crippen LogP contribution is -1.97. The molecule has 3 rings (SSSR count). The van der Waals surface area contributed by atoms with Gasteiger partial charge in [-0.25, -0.2) is 0 Å². The average molecular weight is 393 g/mol. The van der Waals surface area contributed by atoms with E-state index in [4.69, 9.17) is 5.73 Å². The zero-order valence-corrected chi connectivity index (χ0v) is 13.6. The third kappa shape index (κ3) is 2.64. The lowest BCUT2D eigenvalue weighted by atomic mass is 10.2. The molecule has 0 radical (unpaired) electrons. The van der Waals surface area contributed by atoms with Crippen LogP contribution in [0.1, 0.15) is 0 Å². The Morgan fingerprint density at radius 1 is 0.950 bits per heavy atom. The van der Waals surface area contributed by atoms with Crippen molar-refractivity contribution < 1.29 is 0 Å². The van der Waals surface area contributed by atoms with Gasteiger partial charge >= 0.3 is 0 Å². The predicted molar refractivity (Wildman–Crippen MR) is 91.3 cm³/mol. The van der Waals surface area contributed by atoms with Crippen LogP contribution in [-0.4, -0.2) is 4.98 Å². The molecular weight excluding hydrogens is 382 g/mol. The highest BCUT2D eigenvalue weighted by atomic mass is 79.9. The van der Waals surface area contributed by atoms with Gasteiger partial charge < -0.3 is 11.1 Å². The molecule has 1 heterocycles. The number of hydrogen-bond acceptors (Lipinski definition) is 3. The summed E-state index contributed by atoms with van der Waals surface area (Å²) >= 11 is 6.84. The molecule has 2 aromatic carbocycles. The van der Waals surface area contributed by atoms with E-state index in [1.165, 1.54) is 0 Å². The Balaban J connectivity index is 2.06. The van der Waals surface area contributed by atoms with Gasteiger partial charge in [0, 0.05) is 20.5 Å². The normalized spacial score (nSPS) is 10.7. The Hall–Kier alpha value is -1.59. The zero-order chi connectivity index (χ0) is 14.1. The Morgan fingerprint density at radius 3 is 2.60 bits per heavy atom. The monoisotopic (exact) mass is 391 g/mol. The predicted octanol–water partition coefficient (Wildman–Crippen LogP) is 5.09. The fourth-order valence-corrected chi connectivity index (χ4v) is 2.76. The van der Waals surface area contributed by atoms with E-state index in [-0.39, 0.29) is 0 Å². The summed E-state index contributed by atoms with van der Waals surface area (Å²) in [7, 11) is 0. The Kier molecular flexibility index (Phi) is 3.63. The number of nitrogens with one attached hydrogen (secondary N) is 1. The van der Waals surface area contributed by atoms with E-state index in [1.54, 1.807) is 6.20 Å². The summed E-state index contributed by atoms with van der Waals surface area (Å²) in [5, 5.41) is 4.41. The van der Waals surface area contributed by atoms with Gasteiger partial charge in [-0.05, 0) is 46.3 Å². The van der Waals surface area contributed by atoms with E-state index in [0.717, 1.165) is 31.2 Å². The highest BCUT2D eigenvalue weighted by Gasteiger charge is 2.05. The van der Waals surface area contributed by atoms with Gasteiger partial charge in [0.05, 0.1) is 22.6 Å². The van der Waals surface area contributed by atoms with Gasteiger partial charge in [0.25, 0.3) is 0 Å². The van der Waals surface area contributed by atoms with Crippen molar-refractivity contribution in [2.75, 3.05) is 11.1 Å². The maximum absolute atomic E-state index is 6.02. The van der Waals surface area contributed by atoms with Crippen LogP contribution < -0.4 is 11.1 Å². The molecule has 20 heavy (non-hydrogen) atoms. The first-order valence-electron chi connectivity index (χ1n) is 6.00. The Labute approximate surface area is 133 Å². The fourth-order valence-electron chi connectivity index (χ4n) is 2.03. The van der Waals surface area contributed by atoms with Crippen LogP contribution in [0.4, 0.5) is 17.1 Å². The van der Waals surface area contributed by atoms with Gasteiger partial charge in [-0.2, -0.15) is 0 Å². The minimum absolute atomic E-state index is 0.688. The summed E-state index contributed by atoms with van der Waals surface area (Å²) in [6.45, 7) is 0. The molecule has 0 atom stereocenters. The molecule has 0 unspecified atom stereocenters. The molecule has 0 saturated carbocycles. The summed E-state index contributed by atoms with van der Waals surface area (Å²) in [5.41, 5.74) is 9.42. The van der Waals surface area contributed by atoms with Gasteiger partial charge in [0.1, 0.15) is 0 Å². The highest BCUT2D eigenvalue weighted by molar-refractivity contribution is 9.10. The van der Waals surface area contributed by atoms with Crippen molar-refractivity contribution in [3.05, 3.63) is 57.6 Å². The molecule has 0 amide bonds. The van der Waals surface area contributed by atoms with Crippen LogP contribution in [0.15, 0.2) is 57.6 Å². The van der Waals surface area contributed by atoms with Gasteiger partial charge in [0.15, 0.2) is 0 Å². The molecule has 3 nitrogen and oxygen atoms in total. The molecule has 3 aromatic rings. The van der Waals surface area contributed by atoms with Gasteiger partial charge in [0.2, 0.25) is 0 Å². The summed E-state index contributed by atoms with van der Waals surface area (Å²) in [4.78, 5) is 4.46. The second-order valence-electron chi connectivity index (χ2n) is 4.39. The summed E-state index contributed by atoms with van der Waals surface area (Å²) in [5.74, 6) is 0. The first kappa shape index (κ1) is 13.4. The molecule has 0 aliphatic rings. The lowest BCUT2D eigenvalue weighted by molar-refractivity contribution is 1.38. The van der Waals surface area contributed by atoms with E-state index in [1.807, 2.05) is 42.5 Å². The standard InChI is InChI=1S/C15H11Br2N3/c16-10-4-5-13(12(18)7-10)20-14-3-1-2-9-6-11(17)8-19-15(9)14/h1-8,20H,18H2. The number of anilines is 3. The summed E-state index contributed by atoms with van der Waals surface area (Å²) in [6, 6.07) is 13.8. The number of fused-ring (bicyclic) bond motifs is 1. The van der Waals surface area contributed by atoms with Gasteiger partial charge in [-0.1, -0.05) is 28.1 Å². The molecule has 100 valence electrons. The smallest absolute Gasteiger partial charge is 0.0937 e. The van der Waals surface area contributed by atoms with Crippen molar-refractivity contribution in [2.45, 2.75) is 0 Å². The van der Waals surface area contributed by atoms with Crippen LogP contribution in [-0.2, 0) is 0 Å². The SMILES string of the molecule is Nc1cc(Br)ccc1Nc1cccc2cc(Br)cnc12. The first-order valence-corrected chi connectivity index (χ1v) is 7.58. The third-order valence-corrected chi connectivity index (χ3v) is 3.89. The van der Waals surface area contributed by atoms with Crippen molar-refractivity contribution >= 4 is 59.8 Å². The molecule has 1 aromatic heterocycles. The molecule has 5 heteroatoms. The van der Waals surface area contributed by atoms with Crippen molar-refractivity contribution in [1.29, 1.82) is 0 Å². The van der Waals surface area contributed by atoms with E-state index in [0.29, 0.717) is 5.69 Å². The number of halogens is 2. The van der Waals surface area contributed by atoms with E-state index >= 15 is 0 Å². The Bertz CT molecular complexity index is 787. The number of nitrogens with two attached hydrogens (primary N) is 1. The van der Waals surface area contributed by atoms with Crippen LogP contribution in [0, 0.1) is 0 Å². The molecule has 0 aliphatic carbocycles. The van der Waals surface area contributed by atoms with Crippen LogP contribution >= 0.6 is 31.9 Å². The highest BCUT2D eigenvalue weighted by Crippen LogP contribution is 2.30. The number of aromatic nitrogens is 1. The van der Waals surface area contributed by atoms with Crippen LogP contribution in [0.5, 0.6) is 0 Å². The number of hydrogen-bond donors (Lipinski definition) is 2. The van der Waals surface area contributed by atoms with Gasteiger partial charge in [-0.15, -0.1) is 0 Å². The minimum atomic E-state index is 0.688. The maximum Gasteiger partial charge on any atom is 0.0937 e. The van der Waals surface area contributed by atoms with E-state index < -0.39 is 0 Å². The number of nitrogens with zero attached hydrogens (tertiary/aromatic N) is 1. The quantitative estimate of drug-likeness (QED) is 0.597. The number of pyridine rings is 1. The lowest BCUT2D eigenvalue weighted by Gasteiger charge is -2.11. The van der Waals surface area contributed by atoms with E-state index in [9.17, 15) is 0 Å². The third-order valence-electron chi connectivity index (χ3n) is 2.96. The molecule has 0 aliphatic heterocycles.